The normalized spacial score (nSPS) is 24.4. The summed E-state index contributed by atoms with van der Waals surface area (Å²) in [7, 11) is 0. The van der Waals surface area contributed by atoms with E-state index in [1.165, 1.54) is 0 Å². The van der Waals surface area contributed by atoms with Crippen molar-refractivity contribution in [2.45, 2.75) is 39.7 Å². The van der Waals surface area contributed by atoms with Crippen molar-refractivity contribution in [1.29, 1.82) is 0 Å². The highest BCUT2D eigenvalue weighted by atomic mass is 16.5. The number of aromatic nitrogens is 1. The number of aryl methyl sites for hydroxylation is 1. The molecule has 25 heavy (non-hydrogen) atoms. The Morgan fingerprint density at radius 1 is 1.28 bits per heavy atom. The lowest BCUT2D eigenvalue weighted by molar-refractivity contribution is -0.131. The van der Waals surface area contributed by atoms with Gasteiger partial charge in [-0.3, -0.25) is 4.79 Å². The lowest BCUT2D eigenvalue weighted by Crippen LogP contribution is -2.41. The van der Waals surface area contributed by atoms with Gasteiger partial charge in [0.05, 0.1) is 36.6 Å². The number of hydrogen-bond donors (Lipinski definition) is 1. The number of amides is 1. The summed E-state index contributed by atoms with van der Waals surface area (Å²) < 4.78 is 11.2. The summed E-state index contributed by atoms with van der Waals surface area (Å²) in [5.41, 5.74) is 1.63. The molecule has 0 bridgehead atoms. The molecule has 0 unspecified atom stereocenters. The molecule has 0 aromatic carbocycles. The molecule has 6 nitrogen and oxygen atoms in total. The van der Waals surface area contributed by atoms with Crippen molar-refractivity contribution in [3.8, 4) is 0 Å². The van der Waals surface area contributed by atoms with Crippen LogP contribution >= 0.6 is 0 Å². The fourth-order valence-electron chi connectivity index (χ4n) is 3.61. The van der Waals surface area contributed by atoms with Crippen LogP contribution in [0.1, 0.15) is 32.4 Å². The van der Waals surface area contributed by atoms with E-state index in [1.807, 2.05) is 19.1 Å². The van der Waals surface area contributed by atoms with Crippen LogP contribution in [0.4, 0.5) is 11.5 Å². The first-order chi connectivity index (χ1) is 12.1. The largest absolute Gasteiger partial charge is 0.378 e. The van der Waals surface area contributed by atoms with Gasteiger partial charge in [0.1, 0.15) is 5.82 Å². The van der Waals surface area contributed by atoms with Gasteiger partial charge in [-0.1, -0.05) is 13.8 Å². The molecule has 0 saturated carbocycles. The van der Waals surface area contributed by atoms with Gasteiger partial charge in [-0.25, -0.2) is 4.98 Å². The molecule has 3 rings (SSSR count). The van der Waals surface area contributed by atoms with E-state index < -0.39 is 0 Å². The van der Waals surface area contributed by atoms with Crippen molar-refractivity contribution in [3.05, 3.63) is 17.8 Å². The molecule has 138 valence electrons. The number of pyridine rings is 1. The summed E-state index contributed by atoms with van der Waals surface area (Å²) in [5, 5.41) is 3.07. The first-order valence-electron chi connectivity index (χ1n) is 9.29. The third-order valence-electron chi connectivity index (χ3n) is 5.02. The summed E-state index contributed by atoms with van der Waals surface area (Å²) in [5.74, 6) is 1.23. The molecule has 2 aliphatic rings. The molecule has 0 radical (unpaired) electrons. The molecule has 1 aromatic heterocycles. The van der Waals surface area contributed by atoms with Gasteiger partial charge >= 0.3 is 0 Å². The number of rotatable bonds is 4. The van der Waals surface area contributed by atoms with Crippen molar-refractivity contribution in [2.24, 2.45) is 11.8 Å². The van der Waals surface area contributed by atoms with Crippen LogP contribution in [0, 0.1) is 18.8 Å². The Bertz CT molecular complexity index is 600. The van der Waals surface area contributed by atoms with E-state index in [0.717, 1.165) is 63.0 Å². The maximum Gasteiger partial charge on any atom is 0.230 e. The summed E-state index contributed by atoms with van der Waals surface area (Å²) in [6.45, 7) is 10.1. The monoisotopic (exact) mass is 347 g/mol. The van der Waals surface area contributed by atoms with Gasteiger partial charge in [0.25, 0.3) is 0 Å². The lowest BCUT2D eigenvalue weighted by Gasteiger charge is -2.33. The van der Waals surface area contributed by atoms with Gasteiger partial charge < -0.3 is 19.7 Å². The average Bonchev–Trinajstić information content (AvgIpc) is 2.64. The second-order valence-corrected chi connectivity index (χ2v) is 7.22. The van der Waals surface area contributed by atoms with E-state index in [0.29, 0.717) is 5.92 Å². The van der Waals surface area contributed by atoms with Crippen LogP contribution in [0.5, 0.6) is 0 Å². The Balaban J connectivity index is 1.68. The van der Waals surface area contributed by atoms with E-state index in [9.17, 15) is 4.79 Å². The third kappa shape index (κ3) is 4.30. The number of nitrogens with zero attached hydrogens (tertiary/aromatic N) is 2. The molecule has 1 amide bonds. The minimum Gasteiger partial charge on any atom is -0.378 e. The molecule has 2 fully saturated rings. The topological polar surface area (TPSA) is 63.7 Å². The predicted octanol–water partition coefficient (Wildman–Crippen LogP) is 2.62. The Labute approximate surface area is 149 Å². The molecule has 2 aliphatic heterocycles. The van der Waals surface area contributed by atoms with Crippen LogP contribution in [-0.4, -0.2) is 49.9 Å². The molecule has 2 atom stereocenters. The summed E-state index contributed by atoms with van der Waals surface area (Å²) >= 11 is 0. The number of nitrogens with one attached hydrogen (secondary N) is 1. The summed E-state index contributed by atoms with van der Waals surface area (Å²) in [6.07, 6.45) is 1.82. The molecule has 0 spiro atoms. The van der Waals surface area contributed by atoms with Crippen molar-refractivity contribution in [3.63, 3.8) is 0 Å². The number of anilines is 2. The highest BCUT2D eigenvalue weighted by Gasteiger charge is 2.34. The summed E-state index contributed by atoms with van der Waals surface area (Å²) in [6, 6.07) is 3.93. The van der Waals surface area contributed by atoms with Crippen LogP contribution in [0.3, 0.4) is 0 Å². The minimum atomic E-state index is -0.0907. The second-order valence-electron chi connectivity index (χ2n) is 7.22. The van der Waals surface area contributed by atoms with Crippen molar-refractivity contribution in [2.75, 3.05) is 43.1 Å². The van der Waals surface area contributed by atoms with Gasteiger partial charge in [-0.15, -0.1) is 0 Å². The van der Waals surface area contributed by atoms with Crippen molar-refractivity contribution in [1.82, 2.24) is 4.98 Å². The SMILES string of the molecule is Cc1nc(N2CCOCC2)ccc1NC(=O)[C@H]1CCCO[C@@H]1C(C)C. The molecule has 6 heteroatoms. The average molecular weight is 347 g/mol. The van der Waals surface area contributed by atoms with Crippen LogP contribution in [0.2, 0.25) is 0 Å². The van der Waals surface area contributed by atoms with Crippen LogP contribution in [0.25, 0.3) is 0 Å². The smallest absolute Gasteiger partial charge is 0.230 e. The number of morpholine rings is 1. The van der Waals surface area contributed by atoms with Crippen molar-refractivity contribution < 1.29 is 14.3 Å². The number of ether oxygens (including phenoxy) is 2. The Morgan fingerprint density at radius 2 is 2.04 bits per heavy atom. The zero-order chi connectivity index (χ0) is 17.8. The molecule has 1 aromatic rings. The Kier molecular flexibility index (Phi) is 5.91. The third-order valence-corrected chi connectivity index (χ3v) is 5.02. The first kappa shape index (κ1) is 18.1. The highest BCUT2D eigenvalue weighted by Crippen LogP contribution is 2.28. The van der Waals surface area contributed by atoms with Crippen LogP contribution < -0.4 is 10.2 Å². The Morgan fingerprint density at radius 3 is 2.72 bits per heavy atom. The van der Waals surface area contributed by atoms with Gasteiger partial charge in [-0.2, -0.15) is 0 Å². The zero-order valence-corrected chi connectivity index (χ0v) is 15.5. The molecule has 2 saturated heterocycles. The second kappa shape index (κ2) is 8.15. The van der Waals surface area contributed by atoms with E-state index >= 15 is 0 Å². The van der Waals surface area contributed by atoms with Gasteiger partial charge in [0, 0.05) is 19.7 Å². The molecular formula is C19H29N3O3. The molecule has 1 N–H and O–H groups in total. The molecular weight excluding hydrogens is 318 g/mol. The number of carbonyl (C=O) groups is 1. The highest BCUT2D eigenvalue weighted by molar-refractivity contribution is 5.93. The van der Waals surface area contributed by atoms with Gasteiger partial charge in [0.2, 0.25) is 5.91 Å². The van der Waals surface area contributed by atoms with Gasteiger partial charge in [0.15, 0.2) is 0 Å². The van der Waals surface area contributed by atoms with E-state index in [-0.39, 0.29) is 17.9 Å². The maximum atomic E-state index is 12.8. The Hall–Kier alpha value is -1.66. The number of hydrogen-bond acceptors (Lipinski definition) is 5. The molecule has 3 heterocycles. The van der Waals surface area contributed by atoms with E-state index in [4.69, 9.17) is 9.47 Å². The van der Waals surface area contributed by atoms with E-state index in [2.05, 4.69) is 29.0 Å². The first-order valence-corrected chi connectivity index (χ1v) is 9.29. The van der Waals surface area contributed by atoms with Crippen molar-refractivity contribution >= 4 is 17.4 Å². The standard InChI is InChI=1S/C19H29N3O3/c1-13(2)18-15(5-4-10-25-18)19(23)21-16-6-7-17(20-14(16)3)22-8-11-24-12-9-22/h6-7,13,15,18H,4-5,8-12H2,1-3H3,(H,21,23)/t15-,18+/m0/s1. The van der Waals surface area contributed by atoms with E-state index in [1.54, 1.807) is 0 Å². The maximum absolute atomic E-state index is 12.8. The fourth-order valence-corrected chi connectivity index (χ4v) is 3.61. The fraction of sp³-hybridized carbons (Fsp3) is 0.684. The lowest BCUT2D eigenvalue weighted by atomic mass is 9.86. The van der Waals surface area contributed by atoms with Gasteiger partial charge in [-0.05, 0) is 37.8 Å². The van der Waals surface area contributed by atoms with Crippen LogP contribution in [-0.2, 0) is 14.3 Å². The zero-order valence-electron chi connectivity index (χ0n) is 15.5. The summed E-state index contributed by atoms with van der Waals surface area (Å²) in [4.78, 5) is 19.7. The minimum absolute atomic E-state index is 0.00496. The van der Waals surface area contributed by atoms with Crippen LogP contribution in [0.15, 0.2) is 12.1 Å². The quantitative estimate of drug-likeness (QED) is 0.907. The number of carbonyl (C=O) groups excluding carboxylic acids is 1. The predicted molar refractivity (Wildman–Crippen MR) is 97.9 cm³/mol. The molecule has 0 aliphatic carbocycles.